The third kappa shape index (κ3) is 4.14. The van der Waals surface area contributed by atoms with Crippen molar-refractivity contribution in [3.8, 4) is 11.8 Å². The molecule has 2 aromatic rings. The fraction of sp³-hybridized carbons (Fsp3) is 0.125. The van der Waals surface area contributed by atoms with E-state index in [0.29, 0.717) is 27.0 Å². The lowest BCUT2D eigenvalue weighted by molar-refractivity contribution is -0.122. The molecular formula is C16H12Cl2N2O2. The fourth-order valence-corrected chi connectivity index (χ4v) is 2.30. The summed E-state index contributed by atoms with van der Waals surface area (Å²) in [5.41, 5.74) is 0.847. The third-order valence-corrected chi connectivity index (χ3v) is 3.25. The van der Waals surface area contributed by atoms with Crippen molar-refractivity contribution in [3.05, 3.63) is 58.1 Å². The van der Waals surface area contributed by atoms with E-state index < -0.39 is 6.10 Å². The Hall–Kier alpha value is -2.22. The predicted octanol–water partition coefficient (Wildman–Crippen LogP) is 4.27. The topological polar surface area (TPSA) is 62.1 Å². The van der Waals surface area contributed by atoms with Gasteiger partial charge in [0.15, 0.2) is 6.10 Å². The van der Waals surface area contributed by atoms with Gasteiger partial charge in [-0.25, -0.2) is 0 Å². The van der Waals surface area contributed by atoms with E-state index >= 15 is 0 Å². The monoisotopic (exact) mass is 334 g/mol. The summed E-state index contributed by atoms with van der Waals surface area (Å²) in [4.78, 5) is 12.1. The molecule has 0 aliphatic carbocycles. The number of anilines is 1. The SMILES string of the molecule is C[C@@H](Oc1ccccc1C#N)C(=O)Nc1cc(Cl)cc(Cl)c1. The van der Waals surface area contributed by atoms with E-state index in [1.165, 1.54) is 0 Å². The smallest absolute Gasteiger partial charge is 0.265 e. The van der Waals surface area contributed by atoms with Crippen LogP contribution in [0.15, 0.2) is 42.5 Å². The third-order valence-electron chi connectivity index (χ3n) is 2.81. The minimum absolute atomic E-state index is 0.358. The lowest BCUT2D eigenvalue weighted by Crippen LogP contribution is -2.30. The van der Waals surface area contributed by atoms with Crippen LogP contribution in [0, 0.1) is 11.3 Å². The normalized spacial score (nSPS) is 11.4. The van der Waals surface area contributed by atoms with Crippen LogP contribution in [0.3, 0.4) is 0 Å². The van der Waals surface area contributed by atoms with Crippen LogP contribution in [-0.2, 0) is 4.79 Å². The van der Waals surface area contributed by atoms with E-state index in [4.69, 9.17) is 33.2 Å². The second-order valence-corrected chi connectivity index (χ2v) is 5.39. The highest BCUT2D eigenvalue weighted by Crippen LogP contribution is 2.23. The first-order valence-electron chi connectivity index (χ1n) is 6.42. The van der Waals surface area contributed by atoms with Crippen LogP contribution in [0.2, 0.25) is 10.0 Å². The van der Waals surface area contributed by atoms with Crippen molar-refractivity contribution >= 4 is 34.8 Å². The van der Waals surface area contributed by atoms with Gasteiger partial charge < -0.3 is 10.1 Å². The molecule has 6 heteroatoms. The van der Waals surface area contributed by atoms with Gasteiger partial charge in [-0.2, -0.15) is 5.26 Å². The van der Waals surface area contributed by atoms with Crippen LogP contribution in [-0.4, -0.2) is 12.0 Å². The van der Waals surface area contributed by atoms with Crippen molar-refractivity contribution in [1.29, 1.82) is 5.26 Å². The first-order chi connectivity index (χ1) is 10.5. The minimum atomic E-state index is -0.785. The number of nitrogens with one attached hydrogen (secondary N) is 1. The van der Waals surface area contributed by atoms with Crippen LogP contribution in [0.4, 0.5) is 5.69 Å². The Balaban J connectivity index is 2.08. The van der Waals surface area contributed by atoms with E-state index in [-0.39, 0.29) is 5.91 Å². The molecule has 2 aromatic carbocycles. The molecule has 0 heterocycles. The van der Waals surface area contributed by atoms with Gasteiger partial charge in [0.2, 0.25) is 0 Å². The Kier molecular flexibility index (Phi) is 5.26. The highest BCUT2D eigenvalue weighted by atomic mass is 35.5. The number of benzene rings is 2. The number of carbonyl (C=O) groups excluding carboxylic acids is 1. The molecule has 2 rings (SSSR count). The van der Waals surface area contributed by atoms with Crippen molar-refractivity contribution in [3.63, 3.8) is 0 Å². The predicted molar refractivity (Wildman–Crippen MR) is 86.3 cm³/mol. The highest BCUT2D eigenvalue weighted by molar-refractivity contribution is 6.35. The van der Waals surface area contributed by atoms with Crippen molar-refractivity contribution in [2.75, 3.05) is 5.32 Å². The number of nitriles is 1. The number of halogens is 2. The van der Waals surface area contributed by atoms with Crippen LogP contribution in [0.25, 0.3) is 0 Å². The van der Waals surface area contributed by atoms with E-state index in [9.17, 15) is 4.79 Å². The molecule has 0 saturated carbocycles. The molecule has 1 N–H and O–H groups in total. The maximum atomic E-state index is 12.1. The first-order valence-corrected chi connectivity index (χ1v) is 7.18. The molecule has 0 spiro atoms. The van der Waals surface area contributed by atoms with Crippen molar-refractivity contribution < 1.29 is 9.53 Å². The van der Waals surface area contributed by atoms with Gasteiger partial charge in [0.05, 0.1) is 5.56 Å². The number of ether oxygens (including phenoxy) is 1. The van der Waals surface area contributed by atoms with Gasteiger partial charge in [0.1, 0.15) is 11.8 Å². The molecule has 0 saturated heterocycles. The summed E-state index contributed by atoms with van der Waals surface area (Å²) >= 11 is 11.8. The van der Waals surface area contributed by atoms with Crippen molar-refractivity contribution in [2.45, 2.75) is 13.0 Å². The Bertz CT molecular complexity index is 721. The maximum Gasteiger partial charge on any atom is 0.265 e. The Labute approximate surface area is 138 Å². The largest absolute Gasteiger partial charge is 0.480 e. The van der Waals surface area contributed by atoms with E-state index in [1.54, 1.807) is 49.4 Å². The van der Waals surface area contributed by atoms with Gasteiger partial charge in [0, 0.05) is 15.7 Å². The van der Waals surface area contributed by atoms with Gasteiger partial charge in [-0.05, 0) is 37.3 Å². The molecule has 0 unspecified atom stereocenters. The zero-order chi connectivity index (χ0) is 16.1. The molecular weight excluding hydrogens is 323 g/mol. The standard InChI is InChI=1S/C16H12Cl2N2O2/c1-10(22-15-5-3-2-4-11(15)9-19)16(21)20-14-7-12(17)6-13(18)8-14/h2-8,10H,1H3,(H,20,21)/t10-/m1/s1. The molecule has 0 fully saturated rings. The van der Waals surface area contributed by atoms with E-state index in [2.05, 4.69) is 5.32 Å². The van der Waals surface area contributed by atoms with Crippen LogP contribution < -0.4 is 10.1 Å². The molecule has 1 amide bonds. The second kappa shape index (κ2) is 7.17. The number of nitrogens with zero attached hydrogens (tertiary/aromatic N) is 1. The van der Waals surface area contributed by atoms with Gasteiger partial charge in [-0.1, -0.05) is 35.3 Å². The Morgan fingerprint density at radius 3 is 2.50 bits per heavy atom. The molecule has 0 aliphatic rings. The zero-order valence-electron chi connectivity index (χ0n) is 11.6. The average molecular weight is 335 g/mol. The molecule has 112 valence electrons. The number of para-hydroxylation sites is 1. The summed E-state index contributed by atoms with van der Waals surface area (Å²) in [5, 5.41) is 12.5. The Morgan fingerprint density at radius 1 is 1.23 bits per heavy atom. The Morgan fingerprint density at radius 2 is 1.86 bits per heavy atom. The summed E-state index contributed by atoms with van der Waals surface area (Å²) in [6.45, 7) is 1.59. The van der Waals surface area contributed by atoms with Gasteiger partial charge in [0.25, 0.3) is 5.91 Å². The number of carbonyl (C=O) groups is 1. The summed E-state index contributed by atoms with van der Waals surface area (Å²) < 4.78 is 5.53. The molecule has 0 bridgehead atoms. The number of rotatable bonds is 4. The fourth-order valence-electron chi connectivity index (χ4n) is 1.78. The molecule has 0 radical (unpaired) electrons. The molecule has 4 nitrogen and oxygen atoms in total. The second-order valence-electron chi connectivity index (χ2n) is 4.52. The van der Waals surface area contributed by atoms with Crippen LogP contribution in [0.1, 0.15) is 12.5 Å². The van der Waals surface area contributed by atoms with E-state index in [1.807, 2.05) is 6.07 Å². The highest BCUT2D eigenvalue weighted by Gasteiger charge is 2.16. The minimum Gasteiger partial charge on any atom is -0.480 e. The molecule has 0 aliphatic heterocycles. The molecule has 1 atom stereocenters. The maximum absolute atomic E-state index is 12.1. The molecule has 22 heavy (non-hydrogen) atoms. The average Bonchev–Trinajstić information content (AvgIpc) is 2.46. The van der Waals surface area contributed by atoms with Crippen molar-refractivity contribution in [1.82, 2.24) is 0 Å². The zero-order valence-corrected chi connectivity index (χ0v) is 13.2. The number of hydrogen-bond acceptors (Lipinski definition) is 3. The van der Waals surface area contributed by atoms with Gasteiger partial charge in [-0.3, -0.25) is 4.79 Å². The summed E-state index contributed by atoms with van der Waals surface area (Å²) in [5.74, 6) is -0.0112. The first kappa shape index (κ1) is 16.2. The van der Waals surface area contributed by atoms with Crippen LogP contribution >= 0.6 is 23.2 Å². The van der Waals surface area contributed by atoms with Gasteiger partial charge in [-0.15, -0.1) is 0 Å². The molecule has 0 aromatic heterocycles. The number of hydrogen-bond donors (Lipinski definition) is 1. The lowest BCUT2D eigenvalue weighted by Gasteiger charge is -2.15. The lowest BCUT2D eigenvalue weighted by atomic mass is 10.2. The summed E-state index contributed by atoms with van der Waals surface area (Å²) in [6, 6.07) is 13.5. The van der Waals surface area contributed by atoms with Crippen LogP contribution in [0.5, 0.6) is 5.75 Å². The van der Waals surface area contributed by atoms with Gasteiger partial charge >= 0.3 is 0 Å². The van der Waals surface area contributed by atoms with E-state index in [0.717, 1.165) is 0 Å². The number of amides is 1. The quantitative estimate of drug-likeness (QED) is 0.907. The summed E-state index contributed by atoms with van der Waals surface area (Å²) in [7, 11) is 0. The summed E-state index contributed by atoms with van der Waals surface area (Å²) in [6.07, 6.45) is -0.785. The van der Waals surface area contributed by atoms with Crippen molar-refractivity contribution in [2.24, 2.45) is 0 Å².